The van der Waals surface area contributed by atoms with Crippen molar-refractivity contribution in [1.29, 1.82) is 0 Å². The number of aliphatic carboxylic acids is 1. The molecule has 0 bridgehead atoms. The van der Waals surface area contributed by atoms with E-state index in [4.69, 9.17) is 9.84 Å². The van der Waals surface area contributed by atoms with Crippen molar-refractivity contribution >= 4 is 5.97 Å². The predicted molar refractivity (Wildman–Crippen MR) is 34.0 cm³/mol. The van der Waals surface area contributed by atoms with Crippen molar-refractivity contribution in [3.8, 4) is 0 Å². The van der Waals surface area contributed by atoms with E-state index in [9.17, 15) is 4.79 Å². The first-order valence-corrected chi connectivity index (χ1v) is 3.00. The molecule has 4 nitrogen and oxygen atoms in total. The molecule has 1 unspecified atom stereocenters. The van der Waals surface area contributed by atoms with Crippen LogP contribution in [0.5, 0.6) is 0 Å². The summed E-state index contributed by atoms with van der Waals surface area (Å²) in [5.41, 5.74) is 0.632. The number of hydrogen-bond donors (Lipinski definition) is 2. The molecule has 0 aromatic rings. The van der Waals surface area contributed by atoms with Crippen molar-refractivity contribution in [2.24, 2.45) is 5.92 Å². The molecular weight excluding hydrogens is 134 g/mol. The van der Waals surface area contributed by atoms with E-state index < -0.39 is 11.9 Å². The van der Waals surface area contributed by atoms with Crippen LogP contribution in [0.3, 0.4) is 0 Å². The average Bonchev–Trinajstić information content (AvgIpc) is 2.36. The SMILES string of the molecule is CC(C(=O)O)C1=COCN1. The third-order valence-electron chi connectivity index (χ3n) is 1.41. The van der Waals surface area contributed by atoms with Crippen LogP contribution in [0.2, 0.25) is 0 Å². The Morgan fingerprint density at radius 2 is 2.70 bits per heavy atom. The second kappa shape index (κ2) is 2.60. The van der Waals surface area contributed by atoms with Crippen molar-refractivity contribution in [1.82, 2.24) is 5.32 Å². The lowest BCUT2D eigenvalue weighted by molar-refractivity contribution is -0.139. The van der Waals surface area contributed by atoms with Gasteiger partial charge in [-0.1, -0.05) is 0 Å². The van der Waals surface area contributed by atoms with Crippen molar-refractivity contribution < 1.29 is 14.6 Å². The number of carboxylic acids is 1. The minimum absolute atomic E-state index is 0.382. The second-order valence-electron chi connectivity index (χ2n) is 2.12. The van der Waals surface area contributed by atoms with E-state index in [-0.39, 0.29) is 0 Å². The van der Waals surface area contributed by atoms with Gasteiger partial charge in [-0.05, 0) is 6.92 Å². The van der Waals surface area contributed by atoms with Gasteiger partial charge in [0.25, 0.3) is 0 Å². The summed E-state index contributed by atoms with van der Waals surface area (Å²) in [7, 11) is 0. The van der Waals surface area contributed by atoms with Gasteiger partial charge in [0.05, 0.1) is 11.6 Å². The molecular formula is C6H9NO3. The molecule has 0 aliphatic carbocycles. The van der Waals surface area contributed by atoms with Crippen LogP contribution in [0.15, 0.2) is 12.0 Å². The second-order valence-corrected chi connectivity index (χ2v) is 2.12. The molecule has 10 heavy (non-hydrogen) atoms. The summed E-state index contributed by atoms with van der Waals surface area (Å²) >= 11 is 0. The third kappa shape index (κ3) is 1.21. The van der Waals surface area contributed by atoms with Gasteiger partial charge in [-0.3, -0.25) is 4.79 Å². The van der Waals surface area contributed by atoms with Gasteiger partial charge < -0.3 is 15.2 Å². The summed E-state index contributed by atoms with van der Waals surface area (Å²) in [6, 6.07) is 0. The maximum atomic E-state index is 10.3. The van der Waals surface area contributed by atoms with Crippen LogP contribution >= 0.6 is 0 Å². The minimum atomic E-state index is -0.843. The summed E-state index contributed by atoms with van der Waals surface area (Å²) in [5, 5.41) is 11.3. The Bertz CT molecular complexity index is 176. The van der Waals surface area contributed by atoms with E-state index in [0.717, 1.165) is 0 Å². The van der Waals surface area contributed by atoms with Crippen molar-refractivity contribution in [2.45, 2.75) is 6.92 Å². The Hall–Kier alpha value is -1.19. The van der Waals surface area contributed by atoms with E-state index >= 15 is 0 Å². The zero-order valence-corrected chi connectivity index (χ0v) is 5.63. The molecule has 1 aliphatic rings. The van der Waals surface area contributed by atoms with Crippen LogP contribution in [-0.2, 0) is 9.53 Å². The molecule has 0 saturated carbocycles. The van der Waals surface area contributed by atoms with Gasteiger partial charge in [0.2, 0.25) is 0 Å². The molecule has 1 atom stereocenters. The van der Waals surface area contributed by atoms with E-state index in [2.05, 4.69) is 5.32 Å². The maximum Gasteiger partial charge on any atom is 0.312 e. The number of nitrogens with one attached hydrogen (secondary N) is 1. The smallest absolute Gasteiger partial charge is 0.312 e. The first-order chi connectivity index (χ1) is 4.72. The van der Waals surface area contributed by atoms with Gasteiger partial charge in [0, 0.05) is 0 Å². The van der Waals surface area contributed by atoms with Crippen LogP contribution in [0.1, 0.15) is 6.92 Å². The third-order valence-corrected chi connectivity index (χ3v) is 1.41. The summed E-state index contributed by atoms with van der Waals surface area (Å²) in [4.78, 5) is 10.3. The van der Waals surface area contributed by atoms with Crippen LogP contribution < -0.4 is 5.32 Å². The zero-order chi connectivity index (χ0) is 7.56. The van der Waals surface area contributed by atoms with E-state index in [0.29, 0.717) is 12.4 Å². The number of carbonyl (C=O) groups is 1. The largest absolute Gasteiger partial charge is 0.481 e. The number of carboxylic acid groups (broad SMARTS) is 1. The van der Waals surface area contributed by atoms with Gasteiger partial charge in [0.15, 0.2) is 6.73 Å². The first kappa shape index (κ1) is 6.92. The monoisotopic (exact) mass is 143 g/mol. The number of rotatable bonds is 2. The predicted octanol–water partition coefficient (Wildman–Crippen LogP) is 0.126. The molecule has 2 N–H and O–H groups in total. The van der Waals surface area contributed by atoms with Crippen molar-refractivity contribution in [2.75, 3.05) is 6.73 Å². The molecule has 0 aromatic heterocycles. The fourth-order valence-electron chi connectivity index (χ4n) is 0.686. The van der Waals surface area contributed by atoms with Crippen molar-refractivity contribution in [3.63, 3.8) is 0 Å². The number of hydrogen-bond acceptors (Lipinski definition) is 3. The quantitative estimate of drug-likeness (QED) is 0.576. The summed E-state index contributed by atoms with van der Waals surface area (Å²) < 4.78 is 4.79. The maximum absolute atomic E-state index is 10.3. The molecule has 0 fully saturated rings. The molecule has 4 heteroatoms. The van der Waals surface area contributed by atoms with Crippen LogP contribution in [0.4, 0.5) is 0 Å². The topological polar surface area (TPSA) is 58.6 Å². The summed E-state index contributed by atoms with van der Waals surface area (Å²) in [5.74, 6) is -1.34. The fraction of sp³-hybridized carbons (Fsp3) is 0.500. The molecule has 0 spiro atoms. The standard InChI is InChI=1S/C6H9NO3/c1-4(6(8)9)5-2-10-3-7-5/h2,4,7H,3H2,1H3,(H,8,9). The average molecular weight is 143 g/mol. The van der Waals surface area contributed by atoms with Gasteiger partial charge in [0.1, 0.15) is 6.26 Å². The zero-order valence-electron chi connectivity index (χ0n) is 5.63. The molecule has 56 valence electrons. The highest BCUT2D eigenvalue weighted by Gasteiger charge is 2.18. The van der Waals surface area contributed by atoms with Gasteiger partial charge in [-0.15, -0.1) is 0 Å². The molecule has 1 heterocycles. The highest BCUT2D eigenvalue weighted by atomic mass is 16.5. The summed E-state index contributed by atoms with van der Waals surface area (Å²) in [6.07, 6.45) is 1.44. The minimum Gasteiger partial charge on any atom is -0.481 e. The molecule has 1 rings (SSSR count). The Morgan fingerprint density at radius 3 is 3.10 bits per heavy atom. The lowest BCUT2D eigenvalue weighted by atomic mass is 10.1. The van der Waals surface area contributed by atoms with Crippen LogP contribution in [0, 0.1) is 5.92 Å². The van der Waals surface area contributed by atoms with Gasteiger partial charge in [-0.25, -0.2) is 0 Å². The Balaban J connectivity index is 2.55. The Labute approximate surface area is 58.5 Å². The lowest BCUT2D eigenvalue weighted by Gasteiger charge is -2.04. The van der Waals surface area contributed by atoms with E-state index in [1.54, 1.807) is 6.92 Å². The van der Waals surface area contributed by atoms with Gasteiger partial charge in [-0.2, -0.15) is 0 Å². The normalized spacial score (nSPS) is 18.7. The van der Waals surface area contributed by atoms with Gasteiger partial charge >= 0.3 is 5.97 Å². The highest BCUT2D eigenvalue weighted by molar-refractivity contribution is 5.72. The molecule has 0 amide bonds. The molecule has 1 aliphatic heterocycles. The lowest BCUT2D eigenvalue weighted by Crippen LogP contribution is -2.20. The van der Waals surface area contributed by atoms with Crippen molar-refractivity contribution in [3.05, 3.63) is 12.0 Å². The summed E-state index contributed by atoms with van der Waals surface area (Å²) in [6.45, 7) is 1.99. The first-order valence-electron chi connectivity index (χ1n) is 3.00. The molecule has 0 aromatic carbocycles. The van der Waals surface area contributed by atoms with Crippen LogP contribution in [0.25, 0.3) is 0 Å². The molecule has 0 saturated heterocycles. The highest BCUT2D eigenvalue weighted by Crippen LogP contribution is 2.10. The number of ether oxygens (including phenoxy) is 1. The van der Waals surface area contributed by atoms with E-state index in [1.165, 1.54) is 6.26 Å². The Morgan fingerprint density at radius 1 is 2.00 bits per heavy atom. The van der Waals surface area contributed by atoms with Crippen LogP contribution in [-0.4, -0.2) is 17.8 Å². The van der Waals surface area contributed by atoms with E-state index in [1.807, 2.05) is 0 Å². The fourth-order valence-corrected chi connectivity index (χ4v) is 0.686. The molecule has 0 radical (unpaired) electrons. The Kier molecular flexibility index (Phi) is 1.80.